The van der Waals surface area contributed by atoms with Crippen molar-refractivity contribution in [3.8, 4) is 11.5 Å². The summed E-state index contributed by atoms with van der Waals surface area (Å²) >= 11 is 0. The summed E-state index contributed by atoms with van der Waals surface area (Å²) in [5.74, 6) is 0.972. The summed E-state index contributed by atoms with van der Waals surface area (Å²) in [5, 5.41) is 9.75. The zero-order chi connectivity index (χ0) is 15.4. The number of benzene rings is 1. The molecule has 1 unspecified atom stereocenters. The fourth-order valence-electron chi connectivity index (χ4n) is 2.58. The number of hydrogen-bond donors (Lipinski definition) is 1. The summed E-state index contributed by atoms with van der Waals surface area (Å²) in [7, 11) is 0. The maximum absolute atomic E-state index is 12.7. The van der Waals surface area contributed by atoms with Crippen LogP contribution in [0.3, 0.4) is 0 Å². The number of β-amino-alcohol motifs (C(OH)–C–C–N with tert-alkyl or cyclic N) is 1. The molecule has 3 rings (SSSR count). The van der Waals surface area contributed by atoms with Crippen molar-refractivity contribution in [3.63, 3.8) is 0 Å². The number of pyridine rings is 1. The molecule has 5 nitrogen and oxygen atoms in total. The van der Waals surface area contributed by atoms with E-state index in [0.717, 1.165) is 12.8 Å². The molecule has 1 aromatic carbocycles. The van der Waals surface area contributed by atoms with Gasteiger partial charge < -0.3 is 14.7 Å². The summed E-state index contributed by atoms with van der Waals surface area (Å²) in [4.78, 5) is 18.4. The summed E-state index contributed by atoms with van der Waals surface area (Å²) in [6, 6.07) is 10.7. The molecule has 1 fully saturated rings. The van der Waals surface area contributed by atoms with Gasteiger partial charge in [-0.05, 0) is 37.1 Å². The van der Waals surface area contributed by atoms with Crippen molar-refractivity contribution in [2.45, 2.75) is 18.9 Å². The molecule has 2 heterocycles. The van der Waals surface area contributed by atoms with E-state index in [9.17, 15) is 9.90 Å². The van der Waals surface area contributed by atoms with Gasteiger partial charge in [0.2, 0.25) is 0 Å². The summed E-state index contributed by atoms with van der Waals surface area (Å²) in [5.41, 5.74) is 0.500. The smallest absolute Gasteiger partial charge is 0.257 e. The molecule has 0 bridgehead atoms. The van der Waals surface area contributed by atoms with Crippen LogP contribution in [-0.4, -0.2) is 40.1 Å². The van der Waals surface area contributed by atoms with Gasteiger partial charge in [-0.25, -0.2) is 0 Å². The van der Waals surface area contributed by atoms with Crippen molar-refractivity contribution in [2.75, 3.05) is 13.1 Å². The number of ether oxygens (including phenoxy) is 1. The fourth-order valence-corrected chi connectivity index (χ4v) is 2.58. The first-order valence-electron chi connectivity index (χ1n) is 7.38. The highest BCUT2D eigenvalue weighted by Crippen LogP contribution is 2.26. The SMILES string of the molecule is O=C(c1ccccc1Oc1cccnc1)N1CCCC(O)C1. The van der Waals surface area contributed by atoms with Crippen LogP contribution in [0.2, 0.25) is 0 Å². The highest BCUT2D eigenvalue weighted by Gasteiger charge is 2.25. The highest BCUT2D eigenvalue weighted by molar-refractivity contribution is 5.97. The van der Waals surface area contributed by atoms with E-state index in [0.29, 0.717) is 30.2 Å². The van der Waals surface area contributed by atoms with Gasteiger partial charge in [0.1, 0.15) is 11.5 Å². The van der Waals surface area contributed by atoms with Crippen molar-refractivity contribution in [1.82, 2.24) is 9.88 Å². The number of piperidine rings is 1. The van der Waals surface area contributed by atoms with Crippen LogP contribution in [0.1, 0.15) is 23.2 Å². The first kappa shape index (κ1) is 14.5. The van der Waals surface area contributed by atoms with Crippen molar-refractivity contribution >= 4 is 5.91 Å². The Morgan fingerprint density at radius 2 is 2.14 bits per heavy atom. The second-order valence-electron chi connectivity index (χ2n) is 5.33. The van der Waals surface area contributed by atoms with Crippen LogP contribution in [-0.2, 0) is 0 Å². The number of rotatable bonds is 3. The van der Waals surface area contributed by atoms with Crippen molar-refractivity contribution in [2.24, 2.45) is 0 Å². The van der Waals surface area contributed by atoms with Gasteiger partial charge in [0.25, 0.3) is 5.91 Å². The molecular formula is C17H18N2O3. The molecule has 1 N–H and O–H groups in total. The van der Waals surface area contributed by atoms with Crippen LogP contribution in [0.15, 0.2) is 48.8 Å². The Morgan fingerprint density at radius 1 is 1.27 bits per heavy atom. The van der Waals surface area contributed by atoms with Crippen LogP contribution < -0.4 is 4.74 Å². The van der Waals surface area contributed by atoms with E-state index in [1.54, 1.807) is 41.6 Å². The first-order chi connectivity index (χ1) is 10.7. The minimum atomic E-state index is -0.441. The van der Waals surface area contributed by atoms with Gasteiger partial charge in [-0.3, -0.25) is 9.78 Å². The van der Waals surface area contributed by atoms with Crippen LogP contribution in [0.5, 0.6) is 11.5 Å². The molecule has 0 spiro atoms. The number of carbonyl (C=O) groups excluding carboxylic acids is 1. The Hall–Kier alpha value is -2.40. The third kappa shape index (κ3) is 3.26. The predicted octanol–water partition coefficient (Wildman–Crippen LogP) is 2.47. The number of para-hydroxylation sites is 1. The van der Waals surface area contributed by atoms with Gasteiger partial charge in [-0.1, -0.05) is 12.1 Å². The van der Waals surface area contributed by atoms with Crippen molar-refractivity contribution in [3.05, 3.63) is 54.4 Å². The Labute approximate surface area is 129 Å². The molecule has 0 aliphatic carbocycles. The molecule has 5 heteroatoms. The van der Waals surface area contributed by atoms with Gasteiger partial charge in [-0.15, -0.1) is 0 Å². The van der Waals surface area contributed by atoms with E-state index in [1.165, 1.54) is 0 Å². The zero-order valence-corrected chi connectivity index (χ0v) is 12.2. The van der Waals surface area contributed by atoms with E-state index in [-0.39, 0.29) is 5.91 Å². The number of aromatic nitrogens is 1. The number of nitrogens with zero attached hydrogens (tertiary/aromatic N) is 2. The number of likely N-dealkylation sites (tertiary alicyclic amines) is 1. The lowest BCUT2D eigenvalue weighted by atomic mass is 10.1. The molecule has 1 saturated heterocycles. The average molecular weight is 298 g/mol. The minimum Gasteiger partial charge on any atom is -0.455 e. The standard InChI is InChI=1S/C17H18N2O3/c20-13-5-4-10-19(12-13)17(21)15-7-1-2-8-16(15)22-14-6-3-9-18-11-14/h1-3,6-9,11,13,20H,4-5,10,12H2. The van der Waals surface area contributed by atoms with Crippen molar-refractivity contribution in [1.29, 1.82) is 0 Å². The molecule has 1 amide bonds. The van der Waals surface area contributed by atoms with Gasteiger partial charge >= 0.3 is 0 Å². The quantitative estimate of drug-likeness (QED) is 0.945. The Balaban J connectivity index is 1.83. The van der Waals surface area contributed by atoms with Crippen LogP contribution in [0.4, 0.5) is 0 Å². The van der Waals surface area contributed by atoms with E-state index in [2.05, 4.69) is 4.98 Å². The van der Waals surface area contributed by atoms with E-state index in [1.807, 2.05) is 12.1 Å². The van der Waals surface area contributed by atoms with Gasteiger partial charge in [0, 0.05) is 19.3 Å². The molecule has 114 valence electrons. The molecule has 1 aliphatic rings. The molecule has 0 saturated carbocycles. The highest BCUT2D eigenvalue weighted by atomic mass is 16.5. The van der Waals surface area contributed by atoms with Crippen LogP contribution in [0.25, 0.3) is 0 Å². The number of amides is 1. The monoisotopic (exact) mass is 298 g/mol. The van der Waals surface area contributed by atoms with E-state index in [4.69, 9.17) is 4.74 Å². The van der Waals surface area contributed by atoms with Gasteiger partial charge in [0.15, 0.2) is 0 Å². The second kappa shape index (κ2) is 6.58. The summed E-state index contributed by atoms with van der Waals surface area (Å²) in [6.45, 7) is 1.04. The van der Waals surface area contributed by atoms with E-state index >= 15 is 0 Å². The largest absolute Gasteiger partial charge is 0.455 e. The van der Waals surface area contributed by atoms with Crippen LogP contribution in [0, 0.1) is 0 Å². The molecule has 1 atom stereocenters. The van der Waals surface area contributed by atoms with Crippen molar-refractivity contribution < 1.29 is 14.6 Å². The number of aliphatic hydroxyl groups is 1. The number of aliphatic hydroxyl groups excluding tert-OH is 1. The zero-order valence-electron chi connectivity index (χ0n) is 12.2. The summed E-state index contributed by atoms with van der Waals surface area (Å²) < 4.78 is 5.78. The molecule has 0 radical (unpaired) electrons. The molecule has 22 heavy (non-hydrogen) atoms. The van der Waals surface area contributed by atoms with E-state index < -0.39 is 6.10 Å². The Morgan fingerprint density at radius 3 is 2.91 bits per heavy atom. The Kier molecular flexibility index (Phi) is 4.34. The normalized spacial score (nSPS) is 18.0. The predicted molar refractivity (Wildman–Crippen MR) is 81.9 cm³/mol. The lowest BCUT2D eigenvalue weighted by Crippen LogP contribution is -2.42. The Bertz CT molecular complexity index is 645. The second-order valence-corrected chi connectivity index (χ2v) is 5.33. The topological polar surface area (TPSA) is 62.7 Å². The van der Waals surface area contributed by atoms with Crippen LogP contribution >= 0.6 is 0 Å². The fraction of sp³-hybridized carbons (Fsp3) is 0.294. The maximum atomic E-state index is 12.7. The molecule has 1 aromatic heterocycles. The van der Waals surface area contributed by atoms with Gasteiger partial charge in [-0.2, -0.15) is 0 Å². The van der Waals surface area contributed by atoms with Gasteiger partial charge in [0.05, 0.1) is 17.9 Å². The third-order valence-corrected chi connectivity index (χ3v) is 3.66. The number of carbonyl (C=O) groups is 1. The molecule has 1 aliphatic heterocycles. The first-order valence-corrected chi connectivity index (χ1v) is 7.38. The average Bonchev–Trinajstić information content (AvgIpc) is 2.56. The third-order valence-electron chi connectivity index (χ3n) is 3.66. The summed E-state index contributed by atoms with van der Waals surface area (Å²) in [6.07, 6.45) is 4.39. The maximum Gasteiger partial charge on any atom is 0.257 e. The minimum absolute atomic E-state index is 0.113. The lowest BCUT2D eigenvalue weighted by Gasteiger charge is -2.30. The molecular weight excluding hydrogens is 280 g/mol. The molecule has 2 aromatic rings. The number of hydrogen-bond acceptors (Lipinski definition) is 4. The lowest BCUT2D eigenvalue weighted by molar-refractivity contribution is 0.0471.